The lowest BCUT2D eigenvalue weighted by atomic mass is 9.84. The number of carbonyl (C=O) groups excluding carboxylic acids is 2. The van der Waals surface area contributed by atoms with Crippen molar-refractivity contribution in [3.8, 4) is 0 Å². The summed E-state index contributed by atoms with van der Waals surface area (Å²) in [5.41, 5.74) is 6.21. The summed E-state index contributed by atoms with van der Waals surface area (Å²) in [4.78, 5) is 30.4. The predicted octanol–water partition coefficient (Wildman–Crippen LogP) is 3.58. The topological polar surface area (TPSA) is 77.8 Å². The van der Waals surface area contributed by atoms with E-state index >= 15 is 0 Å². The van der Waals surface area contributed by atoms with Crippen LogP contribution >= 0.6 is 0 Å². The van der Waals surface area contributed by atoms with E-state index in [0.717, 1.165) is 73.3 Å². The molecule has 0 bridgehead atoms. The Labute approximate surface area is 206 Å². The van der Waals surface area contributed by atoms with Crippen LogP contribution in [0, 0.1) is 5.92 Å². The summed E-state index contributed by atoms with van der Waals surface area (Å²) in [6.07, 6.45) is 1.76. The number of benzene rings is 2. The van der Waals surface area contributed by atoms with Gasteiger partial charge in [-0.05, 0) is 50.5 Å². The first kappa shape index (κ1) is 23.7. The van der Waals surface area contributed by atoms with E-state index < -0.39 is 5.91 Å². The molecule has 2 N–H and O–H groups in total. The maximum absolute atomic E-state index is 13.8. The number of hydrogen-bond donors (Lipinski definition) is 2. The van der Waals surface area contributed by atoms with Crippen LogP contribution in [-0.4, -0.2) is 70.0 Å². The number of ketones is 1. The maximum Gasteiger partial charge on any atom is 0.274 e. The van der Waals surface area contributed by atoms with E-state index in [1.54, 1.807) is 17.6 Å². The Kier molecular flexibility index (Phi) is 6.73. The molecule has 1 amide bonds. The molecule has 0 radical (unpaired) electrons. The molecule has 2 aromatic carbocycles. The molecule has 184 valence electrons. The van der Waals surface area contributed by atoms with Gasteiger partial charge in [0.1, 0.15) is 0 Å². The summed E-state index contributed by atoms with van der Waals surface area (Å²) in [5.74, 6) is -0.200. The average Bonchev–Trinajstić information content (AvgIpc) is 3.20. The molecular weight excluding hydrogens is 440 g/mol. The van der Waals surface area contributed by atoms with Gasteiger partial charge >= 0.3 is 0 Å². The van der Waals surface area contributed by atoms with Gasteiger partial charge in [0.05, 0.1) is 0 Å². The van der Waals surface area contributed by atoms with Gasteiger partial charge in [-0.3, -0.25) is 19.7 Å². The van der Waals surface area contributed by atoms with Crippen LogP contribution in [0.3, 0.4) is 0 Å². The second-order valence-corrected chi connectivity index (χ2v) is 10.1. The highest BCUT2D eigenvalue weighted by molar-refractivity contribution is 6.11. The fourth-order valence-electron chi connectivity index (χ4n) is 5.67. The second kappa shape index (κ2) is 9.93. The molecule has 1 atom stereocenters. The van der Waals surface area contributed by atoms with Gasteiger partial charge < -0.3 is 9.47 Å². The molecule has 1 aliphatic carbocycles. The molecule has 7 heteroatoms. The van der Waals surface area contributed by atoms with Gasteiger partial charge in [0.2, 0.25) is 0 Å². The monoisotopic (exact) mass is 474 g/mol. The van der Waals surface area contributed by atoms with Gasteiger partial charge in [0.15, 0.2) is 5.78 Å². The molecule has 0 spiro atoms. The highest BCUT2D eigenvalue weighted by Gasteiger charge is 2.34. The third-order valence-electron chi connectivity index (χ3n) is 7.70. The minimum absolute atomic E-state index is 0.0450. The van der Waals surface area contributed by atoms with Crippen LogP contribution in [0.4, 0.5) is 0 Å². The minimum atomic E-state index is -0.525. The van der Waals surface area contributed by atoms with E-state index in [-0.39, 0.29) is 11.7 Å². The van der Waals surface area contributed by atoms with Crippen LogP contribution in [0.5, 0.6) is 0 Å². The van der Waals surface area contributed by atoms with Gasteiger partial charge in [0, 0.05) is 79.0 Å². The zero-order chi connectivity index (χ0) is 24.5. The fraction of sp³-hybridized carbons (Fsp3) is 0.429. The van der Waals surface area contributed by atoms with E-state index in [1.807, 2.05) is 24.3 Å². The number of nitrogens with one attached hydrogen (secondary N) is 1. The Morgan fingerprint density at radius 1 is 1.06 bits per heavy atom. The van der Waals surface area contributed by atoms with Crippen molar-refractivity contribution in [2.75, 3.05) is 32.7 Å². The van der Waals surface area contributed by atoms with Gasteiger partial charge in [0.25, 0.3) is 5.91 Å². The predicted molar refractivity (Wildman–Crippen MR) is 136 cm³/mol. The molecule has 1 fully saturated rings. The third-order valence-corrected chi connectivity index (χ3v) is 7.70. The summed E-state index contributed by atoms with van der Waals surface area (Å²) < 4.78 is 2.27. The standard InChI is InChI=1S/C28H34N4O3/c1-19(2)31-15-13-30(14-16-31)18-22-11-12-25-26(27(22)33)23-5-3-4-6-24(23)32(25)17-20-7-9-21(10-8-20)28(34)29-35/h3-10,19,22,35H,11-18H2,1-2H3,(H,29,34). The molecule has 3 aromatic rings. The second-order valence-electron chi connectivity index (χ2n) is 10.1. The zero-order valence-corrected chi connectivity index (χ0v) is 20.5. The third kappa shape index (κ3) is 4.63. The Hall–Kier alpha value is -3.00. The molecular formula is C28H34N4O3. The molecule has 7 nitrogen and oxygen atoms in total. The van der Waals surface area contributed by atoms with Crippen LogP contribution in [-0.2, 0) is 13.0 Å². The van der Waals surface area contributed by atoms with E-state index in [1.165, 1.54) is 0 Å². The fourth-order valence-corrected chi connectivity index (χ4v) is 5.67. The molecule has 35 heavy (non-hydrogen) atoms. The van der Waals surface area contributed by atoms with Crippen molar-refractivity contribution in [2.45, 2.75) is 39.3 Å². The van der Waals surface area contributed by atoms with Crippen molar-refractivity contribution < 1.29 is 14.8 Å². The number of aromatic nitrogens is 1. The molecule has 1 aromatic heterocycles. The number of amides is 1. The number of piperazine rings is 1. The van der Waals surface area contributed by atoms with Gasteiger partial charge in [-0.25, -0.2) is 5.48 Å². The molecule has 5 rings (SSSR count). The lowest BCUT2D eigenvalue weighted by molar-refractivity contribution is 0.0706. The van der Waals surface area contributed by atoms with Crippen LogP contribution in [0.25, 0.3) is 10.9 Å². The summed E-state index contributed by atoms with van der Waals surface area (Å²) in [6, 6.07) is 16.0. The molecule has 2 aliphatic rings. The minimum Gasteiger partial charge on any atom is -0.339 e. The molecule has 1 aliphatic heterocycles. The highest BCUT2D eigenvalue weighted by atomic mass is 16.5. The first-order valence-electron chi connectivity index (χ1n) is 12.6. The normalized spacial score (nSPS) is 19.3. The zero-order valence-electron chi connectivity index (χ0n) is 20.5. The smallest absolute Gasteiger partial charge is 0.274 e. The van der Waals surface area contributed by atoms with Crippen LogP contribution in [0.2, 0.25) is 0 Å². The Morgan fingerprint density at radius 3 is 2.46 bits per heavy atom. The van der Waals surface area contributed by atoms with Gasteiger partial charge in [-0.15, -0.1) is 0 Å². The summed E-state index contributed by atoms with van der Waals surface area (Å²) in [7, 11) is 0. The van der Waals surface area contributed by atoms with Crippen LogP contribution < -0.4 is 5.48 Å². The van der Waals surface area contributed by atoms with Gasteiger partial charge in [-0.1, -0.05) is 30.3 Å². The number of carbonyl (C=O) groups is 2. The number of para-hydroxylation sites is 1. The van der Waals surface area contributed by atoms with Crippen molar-refractivity contribution >= 4 is 22.6 Å². The van der Waals surface area contributed by atoms with Crippen LogP contribution in [0.1, 0.15) is 52.2 Å². The van der Waals surface area contributed by atoms with Crippen molar-refractivity contribution in [1.82, 2.24) is 19.8 Å². The molecule has 2 heterocycles. The van der Waals surface area contributed by atoms with Crippen molar-refractivity contribution in [2.24, 2.45) is 5.92 Å². The largest absolute Gasteiger partial charge is 0.339 e. The maximum atomic E-state index is 13.8. The number of hydrogen-bond acceptors (Lipinski definition) is 5. The number of Topliss-reactive ketones (excluding diaryl/α,β-unsaturated/α-hetero) is 1. The highest BCUT2D eigenvalue weighted by Crippen LogP contribution is 2.35. The first-order valence-corrected chi connectivity index (χ1v) is 12.6. The SMILES string of the molecule is CC(C)N1CCN(CC2CCc3c(c4ccccc4n3Cc3ccc(C(=O)NO)cc3)C2=O)CC1. The van der Waals surface area contributed by atoms with Crippen molar-refractivity contribution in [3.63, 3.8) is 0 Å². The molecule has 1 saturated heterocycles. The number of fused-ring (bicyclic) bond motifs is 3. The Bertz CT molecular complexity index is 1220. The number of hydroxylamine groups is 1. The summed E-state index contributed by atoms with van der Waals surface area (Å²) in [6.45, 7) is 10.2. The van der Waals surface area contributed by atoms with Crippen LogP contribution in [0.15, 0.2) is 48.5 Å². The lowest BCUT2D eigenvalue weighted by Gasteiger charge is -2.38. The number of nitrogens with zero attached hydrogens (tertiary/aromatic N) is 3. The Morgan fingerprint density at radius 2 is 1.77 bits per heavy atom. The average molecular weight is 475 g/mol. The lowest BCUT2D eigenvalue weighted by Crippen LogP contribution is -2.50. The van der Waals surface area contributed by atoms with E-state index in [4.69, 9.17) is 5.21 Å². The van der Waals surface area contributed by atoms with E-state index in [0.29, 0.717) is 18.2 Å². The van der Waals surface area contributed by atoms with E-state index in [2.05, 4.69) is 40.3 Å². The van der Waals surface area contributed by atoms with Crippen molar-refractivity contribution in [3.05, 3.63) is 70.9 Å². The molecule has 0 saturated carbocycles. The molecule has 1 unspecified atom stereocenters. The first-order chi connectivity index (χ1) is 17.0. The van der Waals surface area contributed by atoms with Crippen molar-refractivity contribution in [1.29, 1.82) is 0 Å². The van der Waals surface area contributed by atoms with E-state index in [9.17, 15) is 9.59 Å². The number of rotatable bonds is 6. The van der Waals surface area contributed by atoms with Gasteiger partial charge in [-0.2, -0.15) is 0 Å². The summed E-state index contributed by atoms with van der Waals surface area (Å²) in [5, 5.41) is 9.90. The Balaban J connectivity index is 1.38. The quantitative estimate of drug-likeness (QED) is 0.422. The summed E-state index contributed by atoms with van der Waals surface area (Å²) >= 11 is 0.